The fraction of sp³-hybridized carbons (Fsp3) is 0.875. The smallest absolute Gasteiger partial charge is 0.220 e. The molecule has 2 N–H and O–H groups in total. The standard InChI is InChI=1S/C16H26N2O4S/c1-15(2)12-3-6-16(15,13(19)9-12)10-23(21,22)18-7-4-11(5-8-18)14(17)20/h11-12H,3-10H2,1-2H3,(H2,17,20)/t12-,16-/m0/s1. The lowest BCUT2D eigenvalue weighted by Crippen LogP contribution is -2.49. The van der Waals surface area contributed by atoms with Crippen LogP contribution in [0.2, 0.25) is 0 Å². The third kappa shape index (κ3) is 2.43. The zero-order chi connectivity index (χ0) is 17.0. The predicted molar refractivity (Wildman–Crippen MR) is 85.8 cm³/mol. The Kier molecular flexibility index (Phi) is 3.87. The monoisotopic (exact) mass is 342 g/mol. The van der Waals surface area contributed by atoms with Gasteiger partial charge in [0.2, 0.25) is 15.9 Å². The largest absolute Gasteiger partial charge is 0.369 e. The van der Waals surface area contributed by atoms with Gasteiger partial charge in [-0.15, -0.1) is 0 Å². The van der Waals surface area contributed by atoms with Crippen LogP contribution in [-0.4, -0.2) is 43.3 Å². The summed E-state index contributed by atoms with van der Waals surface area (Å²) >= 11 is 0. The quantitative estimate of drug-likeness (QED) is 0.821. The van der Waals surface area contributed by atoms with Crippen molar-refractivity contribution < 1.29 is 18.0 Å². The third-order valence-electron chi connectivity index (χ3n) is 6.82. The van der Waals surface area contributed by atoms with Crippen LogP contribution in [0.1, 0.15) is 46.0 Å². The second-order valence-corrected chi connectivity index (χ2v) is 9.97. The second-order valence-electron chi connectivity index (χ2n) is 8.00. The normalized spacial score (nSPS) is 34.9. The molecule has 3 aliphatic rings. The molecular formula is C16H26N2O4S. The number of piperidine rings is 1. The Labute approximate surface area is 137 Å². The maximum Gasteiger partial charge on any atom is 0.220 e. The maximum absolute atomic E-state index is 12.9. The van der Waals surface area contributed by atoms with E-state index < -0.39 is 15.4 Å². The van der Waals surface area contributed by atoms with Crippen LogP contribution in [-0.2, 0) is 19.6 Å². The molecule has 0 aromatic heterocycles. The van der Waals surface area contributed by atoms with Gasteiger partial charge in [-0.1, -0.05) is 13.8 Å². The molecule has 3 rings (SSSR count). The van der Waals surface area contributed by atoms with E-state index in [1.54, 1.807) is 0 Å². The molecule has 1 aliphatic heterocycles. The van der Waals surface area contributed by atoms with E-state index in [1.165, 1.54) is 4.31 Å². The van der Waals surface area contributed by atoms with Crippen LogP contribution in [0.15, 0.2) is 0 Å². The lowest BCUT2D eigenvalue weighted by Gasteiger charge is -2.38. The number of Topliss-reactive ketones (excluding diaryl/α,β-unsaturated/α-hetero) is 1. The lowest BCUT2D eigenvalue weighted by molar-refractivity contribution is -0.128. The van der Waals surface area contributed by atoms with Crippen LogP contribution >= 0.6 is 0 Å². The predicted octanol–water partition coefficient (Wildman–Crippen LogP) is 0.909. The fourth-order valence-corrected chi connectivity index (χ4v) is 7.18. The second kappa shape index (κ2) is 5.28. The van der Waals surface area contributed by atoms with Crippen molar-refractivity contribution in [3.63, 3.8) is 0 Å². The minimum atomic E-state index is -3.50. The maximum atomic E-state index is 12.9. The van der Waals surface area contributed by atoms with Gasteiger partial charge in [0.1, 0.15) is 5.78 Å². The van der Waals surface area contributed by atoms with Crippen molar-refractivity contribution >= 4 is 21.7 Å². The van der Waals surface area contributed by atoms with Gasteiger partial charge in [0.15, 0.2) is 0 Å². The van der Waals surface area contributed by atoms with Crippen LogP contribution < -0.4 is 5.73 Å². The van der Waals surface area contributed by atoms with Crippen molar-refractivity contribution in [2.24, 2.45) is 28.4 Å². The van der Waals surface area contributed by atoms with Gasteiger partial charge in [-0.25, -0.2) is 12.7 Å². The van der Waals surface area contributed by atoms with Gasteiger partial charge in [0, 0.05) is 30.8 Å². The summed E-state index contributed by atoms with van der Waals surface area (Å²) in [4.78, 5) is 23.8. The van der Waals surface area contributed by atoms with Crippen LogP contribution in [0.5, 0.6) is 0 Å². The Morgan fingerprint density at radius 2 is 1.87 bits per heavy atom. The van der Waals surface area contributed by atoms with Gasteiger partial charge in [-0.3, -0.25) is 9.59 Å². The molecule has 1 saturated heterocycles. The molecule has 7 heteroatoms. The molecule has 1 heterocycles. The van der Waals surface area contributed by atoms with E-state index in [2.05, 4.69) is 0 Å². The Morgan fingerprint density at radius 1 is 1.26 bits per heavy atom. The van der Waals surface area contributed by atoms with Crippen molar-refractivity contribution in [3.05, 3.63) is 0 Å². The minimum absolute atomic E-state index is 0.0798. The van der Waals surface area contributed by atoms with E-state index >= 15 is 0 Å². The third-order valence-corrected chi connectivity index (χ3v) is 8.83. The molecule has 0 unspecified atom stereocenters. The van der Waals surface area contributed by atoms with Gasteiger partial charge < -0.3 is 5.73 Å². The van der Waals surface area contributed by atoms with Gasteiger partial charge in [0.25, 0.3) is 0 Å². The van der Waals surface area contributed by atoms with E-state index in [0.717, 1.165) is 6.42 Å². The van der Waals surface area contributed by atoms with Gasteiger partial charge in [-0.2, -0.15) is 0 Å². The average molecular weight is 342 g/mol. The number of ketones is 1. The molecule has 2 bridgehead atoms. The first-order valence-electron chi connectivity index (χ1n) is 8.40. The molecule has 0 aromatic rings. The van der Waals surface area contributed by atoms with Gasteiger partial charge in [0.05, 0.1) is 5.75 Å². The number of hydrogen-bond acceptors (Lipinski definition) is 4. The molecule has 0 radical (unpaired) electrons. The van der Waals surface area contributed by atoms with E-state index in [4.69, 9.17) is 5.73 Å². The number of primary amides is 1. The molecular weight excluding hydrogens is 316 g/mol. The van der Waals surface area contributed by atoms with E-state index in [-0.39, 0.29) is 28.8 Å². The Morgan fingerprint density at radius 3 is 2.30 bits per heavy atom. The Hall–Kier alpha value is -0.950. The van der Waals surface area contributed by atoms with Crippen LogP contribution in [0.3, 0.4) is 0 Å². The van der Waals surface area contributed by atoms with Crippen molar-refractivity contribution in [1.82, 2.24) is 4.31 Å². The molecule has 1 amide bonds. The number of sulfonamides is 1. The molecule has 2 atom stereocenters. The molecule has 0 aromatic carbocycles. The van der Waals surface area contributed by atoms with Crippen molar-refractivity contribution in [1.29, 1.82) is 0 Å². The highest BCUT2D eigenvalue weighted by atomic mass is 32.2. The summed E-state index contributed by atoms with van der Waals surface area (Å²) in [6.45, 7) is 4.74. The first kappa shape index (κ1) is 16.9. The molecule has 3 fully saturated rings. The highest BCUT2D eigenvalue weighted by Crippen LogP contribution is 2.64. The number of amides is 1. The molecule has 2 saturated carbocycles. The molecule has 0 spiro atoms. The number of carbonyl (C=O) groups is 2. The number of carbonyl (C=O) groups excluding carboxylic acids is 2. The summed E-state index contributed by atoms with van der Waals surface area (Å²) < 4.78 is 27.2. The van der Waals surface area contributed by atoms with E-state index in [9.17, 15) is 18.0 Å². The highest BCUT2D eigenvalue weighted by molar-refractivity contribution is 7.89. The Balaban J connectivity index is 1.77. The zero-order valence-electron chi connectivity index (χ0n) is 13.9. The van der Waals surface area contributed by atoms with Crippen molar-refractivity contribution in [3.8, 4) is 0 Å². The number of hydrogen-bond donors (Lipinski definition) is 1. The minimum Gasteiger partial charge on any atom is -0.369 e. The highest BCUT2D eigenvalue weighted by Gasteiger charge is 2.65. The first-order valence-corrected chi connectivity index (χ1v) is 10.0. The zero-order valence-corrected chi connectivity index (χ0v) is 14.7. The summed E-state index contributed by atoms with van der Waals surface area (Å²) in [5.74, 6) is -0.240. The topological polar surface area (TPSA) is 97.5 Å². The number of nitrogens with zero attached hydrogens (tertiary/aromatic N) is 1. The van der Waals surface area contributed by atoms with Crippen LogP contribution in [0, 0.1) is 22.7 Å². The van der Waals surface area contributed by atoms with E-state index in [1.807, 2.05) is 13.8 Å². The van der Waals surface area contributed by atoms with Gasteiger partial charge >= 0.3 is 0 Å². The summed E-state index contributed by atoms with van der Waals surface area (Å²) in [6, 6.07) is 0. The van der Waals surface area contributed by atoms with Crippen LogP contribution in [0.25, 0.3) is 0 Å². The van der Waals surface area contributed by atoms with Crippen molar-refractivity contribution in [2.75, 3.05) is 18.8 Å². The summed E-state index contributed by atoms with van der Waals surface area (Å²) in [6.07, 6.45) is 3.09. The molecule has 6 nitrogen and oxygen atoms in total. The summed E-state index contributed by atoms with van der Waals surface area (Å²) in [5, 5.41) is 0. The van der Waals surface area contributed by atoms with Crippen molar-refractivity contribution in [2.45, 2.75) is 46.0 Å². The SMILES string of the molecule is CC1(C)[C@H]2CC[C@]1(CS(=O)(=O)N1CCC(C(N)=O)CC1)C(=O)C2. The number of rotatable bonds is 4. The summed E-state index contributed by atoms with van der Waals surface area (Å²) in [7, 11) is -3.50. The fourth-order valence-electron chi connectivity index (χ4n) is 4.93. The average Bonchev–Trinajstić information content (AvgIpc) is 2.81. The number of fused-ring (bicyclic) bond motifs is 2. The lowest BCUT2D eigenvalue weighted by atomic mass is 9.70. The van der Waals surface area contributed by atoms with Gasteiger partial charge in [-0.05, 0) is 37.0 Å². The number of nitrogens with two attached hydrogens (primary N) is 1. The van der Waals surface area contributed by atoms with Crippen LogP contribution in [0.4, 0.5) is 0 Å². The summed E-state index contributed by atoms with van der Waals surface area (Å²) in [5.41, 5.74) is 4.33. The molecule has 2 aliphatic carbocycles. The Bertz CT molecular complexity index is 634. The van der Waals surface area contributed by atoms with E-state index in [0.29, 0.717) is 44.7 Å². The first-order chi connectivity index (χ1) is 10.6. The molecule has 23 heavy (non-hydrogen) atoms. The molecule has 130 valence electrons.